The van der Waals surface area contributed by atoms with Gasteiger partial charge in [-0.05, 0) is 72.8 Å². The van der Waals surface area contributed by atoms with Gasteiger partial charge in [0.15, 0.2) is 11.6 Å². The van der Waals surface area contributed by atoms with Crippen LogP contribution in [0.3, 0.4) is 0 Å². The van der Waals surface area contributed by atoms with Gasteiger partial charge in [0.05, 0.1) is 11.4 Å². The fourth-order valence-electron chi connectivity index (χ4n) is 6.25. The second-order valence-corrected chi connectivity index (χ2v) is 11.5. The zero-order valence-corrected chi connectivity index (χ0v) is 22.6. The van der Waals surface area contributed by atoms with Crippen LogP contribution in [-0.2, 0) is 25.7 Å². The summed E-state index contributed by atoms with van der Waals surface area (Å²) in [6.07, 6.45) is 12.3. The van der Waals surface area contributed by atoms with Crippen molar-refractivity contribution in [2.75, 3.05) is 0 Å². The third kappa shape index (κ3) is 5.22. The number of aryl methyl sites for hydroxylation is 4. The predicted octanol–water partition coefficient (Wildman–Crippen LogP) is 7.73. The summed E-state index contributed by atoms with van der Waals surface area (Å²) in [5.41, 5.74) is 9.54. The van der Waals surface area contributed by atoms with Crippen molar-refractivity contribution in [3.63, 3.8) is 0 Å². The normalized spacial score (nSPS) is 18.6. The minimum atomic E-state index is 0.123. The van der Waals surface area contributed by atoms with Crippen LogP contribution in [0.1, 0.15) is 77.3 Å². The maximum atomic E-state index is 13.3. The highest BCUT2D eigenvalue weighted by Crippen LogP contribution is 2.33. The van der Waals surface area contributed by atoms with Crippen LogP contribution in [0.5, 0.6) is 0 Å². The molecule has 4 aromatic rings. The largest absolute Gasteiger partial charge is 0.355 e. The first kappa shape index (κ1) is 24.8. The van der Waals surface area contributed by atoms with Crippen LogP contribution in [0.4, 0.5) is 0 Å². The molecule has 4 nitrogen and oxygen atoms in total. The number of carbonyl (C=O) groups excluding carboxylic acids is 1. The van der Waals surface area contributed by atoms with E-state index in [0.29, 0.717) is 12.2 Å². The molecule has 2 aliphatic rings. The number of H-pyrrole nitrogens is 1. The Balaban J connectivity index is 1.13. The van der Waals surface area contributed by atoms with E-state index in [1.165, 1.54) is 54.4 Å². The highest BCUT2D eigenvalue weighted by molar-refractivity contribution is 5.99. The average molecular weight is 504 g/mol. The quantitative estimate of drug-likeness (QED) is 0.263. The Kier molecular flexibility index (Phi) is 6.97. The first-order chi connectivity index (χ1) is 18.5. The topological polar surface area (TPSA) is 58.6 Å². The number of nitrogens with one attached hydrogen (secondary N) is 1. The van der Waals surface area contributed by atoms with E-state index in [4.69, 9.17) is 4.98 Å². The Morgan fingerprint density at radius 3 is 2.50 bits per heavy atom. The van der Waals surface area contributed by atoms with Crippen molar-refractivity contribution < 1.29 is 4.79 Å². The lowest BCUT2D eigenvalue weighted by molar-refractivity contribution is 0.0992. The lowest BCUT2D eigenvalue weighted by Crippen LogP contribution is -2.12. The Morgan fingerprint density at radius 2 is 1.68 bits per heavy atom. The van der Waals surface area contributed by atoms with Crippen molar-refractivity contribution in [2.24, 2.45) is 11.8 Å². The fourth-order valence-corrected chi connectivity index (χ4v) is 6.25. The summed E-state index contributed by atoms with van der Waals surface area (Å²) in [6.45, 7) is 4.34. The molecule has 4 heteroatoms. The number of benzene rings is 2. The summed E-state index contributed by atoms with van der Waals surface area (Å²) < 4.78 is 0. The van der Waals surface area contributed by atoms with Crippen molar-refractivity contribution in [1.82, 2.24) is 15.0 Å². The van der Waals surface area contributed by atoms with Crippen LogP contribution < -0.4 is 0 Å². The highest BCUT2D eigenvalue weighted by Gasteiger charge is 2.21. The van der Waals surface area contributed by atoms with Gasteiger partial charge in [0.2, 0.25) is 0 Å². The molecule has 38 heavy (non-hydrogen) atoms. The molecule has 2 aromatic carbocycles. The van der Waals surface area contributed by atoms with Crippen molar-refractivity contribution in [3.05, 3.63) is 94.3 Å². The molecule has 2 aliphatic carbocycles. The van der Waals surface area contributed by atoms with Crippen molar-refractivity contribution in [1.29, 1.82) is 0 Å². The minimum absolute atomic E-state index is 0.123. The molecule has 0 amide bonds. The summed E-state index contributed by atoms with van der Waals surface area (Å²) in [4.78, 5) is 26.2. The molecule has 1 saturated carbocycles. The number of ketones is 1. The van der Waals surface area contributed by atoms with Gasteiger partial charge in [0, 0.05) is 29.4 Å². The molecule has 0 saturated heterocycles. The van der Waals surface area contributed by atoms with Gasteiger partial charge in [-0.1, -0.05) is 81.1 Å². The van der Waals surface area contributed by atoms with Gasteiger partial charge in [-0.15, -0.1) is 0 Å². The predicted molar refractivity (Wildman–Crippen MR) is 153 cm³/mol. The van der Waals surface area contributed by atoms with Gasteiger partial charge in [-0.25, -0.2) is 9.97 Å². The van der Waals surface area contributed by atoms with Crippen LogP contribution in [0.25, 0.3) is 22.8 Å². The van der Waals surface area contributed by atoms with E-state index in [1.807, 2.05) is 19.2 Å². The third-order valence-electron chi connectivity index (χ3n) is 8.72. The van der Waals surface area contributed by atoms with Crippen LogP contribution in [-0.4, -0.2) is 20.7 Å². The summed E-state index contributed by atoms with van der Waals surface area (Å²) in [6, 6.07) is 19.1. The number of rotatable bonds is 7. The van der Waals surface area contributed by atoms with Crippen molar-refractivity contribution in [3.8, 4) is 22.8 Å². The van der Waals surface area contributed by atoms with Crippen molar-refractivity contribution in [2.45, 2.75) is 71.6 Å². The molecule has 0 bridgehead atoms. The third-order valence-corrected chi connectivity index (χ3v) is 8.72. The van der Waals surface area contributed by atoms with E-state index in [0.717, 1.165) is 59.3 Å². The van der Waals surface area contributed by atoms with Gasteiger partial charge in [0.1, 0.15) is 0 Å². The molecular weight excluding hydrogens is 466 g/mol. The van der Waals surface area contributed by atoms with E-state index in [9.17, 15) is 4.79 Å². The maximum Gasteiger partial charge on any atom is 0.176 e. The molecule has 1 N–H and O–H groups in total. The zero-order valence-electron chi connectivity index (χ0n) is 22.6. The van der Waals surface area contributed by atoms with Gasteiger partial charge in [-0.2, -0.15) is 0 Å². The number of nitrogens with zero attached hydrogens (tertiary/aromatic N) is 2. The summed E-state index contributed by atoms with van der Waals surface area (Å²) >= 11 is 0. The number of carbonyl (C=O) groups is 1. The first-order valence-electron chi connectivity index (χ1n) is 14.3. The molecule has 0 unspecified atom stereocenters. The van der Waals surface area contributed by atoms with Crippen LogP contribution in [0.2, 0.25) is 0 Å². The van der Waals surface area contributed by atoms with E-state index in [-0.39, 0.29) is 5.78 Å². The molecule has 6 rings (SSSR count). The Labute approximate surface area is 226 Å². The average Bonchev–Trinajstić information content (AvgIpc) is 3.35. The number of Topliss-reactive ketones (excluding diaryl/α,β-unsaturated/α-hetero) is 1. The smallest absolute Gasteiger partial charge is 0.176 e. The van der Waals surface area contributed by atoms with E-state index in [2.05, 4.69) is 65.4 Å². The number of aromatic amines is 1. The zero-order chi connectivity index (χ0) is 26.1. The SMILES string of the molecule is Cc1[nH]c(-c2ncc3c(n2)-c2ccccc2CC3)cc1C(=O)Cc1ccc(CCC2CCC(C)CC2)cc1. The Hall–Kier alpha value is -3.53. The van der Waals surface area contributed by atoms with E-state index >= 15 is 0 Å². The highest BCUT2D eigenvalue weighted by atomic mass is 16.1. The molecule has 2 heterocycles. The molecule has 0 spiro atoms. The van der Waals surface area contributed by atoms with Gasteiger partial charge < -0.3 is 4.98 Å². The lowest BCUT2D eigenvalue weighted by atomic mass is 9.80. The molecule has 1 fully saturated rings. The van der Waals surface area contributed by atoms with Gasteiger partial charge >= 0.3 is 0 Å². The van der Waals surface area contributed by atoms with Crippen LogP contribution in [0, 0.1) is 18.8 Å². The number of hydrogen-bond donors (Lipinski definition) is 1. The maximum absolute atomic E-state index is 13.3. The fraction of sp³-hybridized carbons (Fsp3) is 0.382. The molecular formula is C34H37N3O. The summed E-state index contributed by atoms with van der Waals surface area (Å²) in [5.74, 6) is 2.55. The molecule has 0 aliphatic heterocycles. The number of hydrogen-bond acceptors (Lipinski definition) is 3. The molecule has 194 valence electrons. The van der Waals surface area contributed by atoms with Gasteiger partial charge in [-0.3, -0.25) is 4.79 Å². The van der Waals surface area contributed by atoms with E-state index in [1.54, 1.807) is 0 Å². The number of aromatic nitrogens is 3. The lowest BCUT2D eigenvalue weighted by Gasteiger charge is -2.26. The van der Waals surface area contributed by atoms with E-state index < -0.39 is 0 Å². The standard InChI is InChI=1S/C34H37N3O/c1-22-7-9-24(10-8-22)11-12-25-13-15-26(16-14-25)19-32(38)30-20-31(36-23(30)2)34-35-21-28-18-17-27-5-3-4-6-29(27)33(28)37-34/h3-6,13-16,20-22,24,36H,7-12,17-19H2,1-2H3. The Morgan fingerprint density at radius 1 is 0.947 bits per heavy atom. The first-order valence-corrected chi connectivity index (χ1v) is 14.3. The monoisotopic (exact) mass is 503 g/mol. The second kappa shape index (κ2) is 10.7. The minimum Gasteiger partial charge on any atom is -0.355 e. The molecule has 0 atom stereocenters. The van der Waals surface area contributed by atoms with Crippen LogP contribution >= 0.6 is 0 Å². The summed E-state index contributed by atoms with van der Waals surface area (Å²) in [5, 5.41) is 0. The summed E-state index contributed by atoms with van der Waals surface area (Å²) in [7, 11) is 0. The van der Waals surface area contributed by atoms with Crippen molar-refractivity contribution >= 4 is 5.78 Å². The Bertz CT molecular complexity index is 1440. The second-order valence-electron chi connectivity index (χ2n) is 11.5. The molecule has 2 aromatic heterocycles. The molecule has 0 radical (unpaired) electrons. The van der Waals surface area contributed by atoms with Crippen LogP contribution in [0.15, 0.2) is 60.8 Å². The number of fused-ring (bicyclic) bond motifs is 3. The van der Waals surface area contributed by atoms with Gasteiger partial charge in [0.25, 0.3) is 0 Å².